The van der Waals surface area contributed by atoms with Crippen LogP contribution in [0.2, 0.25) is 0 Å². The van der Waals surface area contributed by atoms with Crippen LogP contribution in [0.15, 0.2) is 94.7 Å². The van der Waals surface area contributed by atoms with Crippen molar-refractivity contribution in [3.63, 3.8) is 0 Å². The molecule has 0 saturated heterocycles. The highest BCUT2D eigenvalue weighted by Crippen LogP contribution is 2.37. The maximum atomic E-state index is 13.1. The fourth-order valence-electron chi connectivity index (χ4n) is 3.30. The van der Waals surface area contributed by atoms with Crippen molar-refractivity contribution in [3.8, 4) is 17.2 Å². The topological polar surface area (TPSA) is 130 Å². The number of hydrogen-bond donors (Lipinski definition) is 3. The summed E-state index contributed by atoms with van der Waals surface area (Å²) in [4.78, 5) is 10.8. The van der Waals surface area contributed by atoms with Gasteiger partial charge in [0.25, 0.3) is 10.0 Å². The van der Waals surface area contributed by atoms with Crippen LogP contribution in [-0.2, 0) is 25.6 Å². The van der Waals surface area contributed by atoms with Gasteiger partial charge in [-0.25, -0.2) is 8.42 Å². The van der Waals surface area contributed by atoms with E-state index >= 15 is 0 Å². The molecule has 10 heteroatoms. The molecule has 0 heterocycles. The van der Waals surface area contributed by atoms with E-state index in [1.54, 1.807) is 30.3 Å². The van der Waals surface area contributed by atoms with Crippen LogP contribution >= 0.6 is 0 Å². The Bertz CT molecular complexity index is 1490. The van der Waals surface area contributed by atoms with Crippen molar-refractivity contribution in [2.45, 2.75) is 9.79 Å². The molecule has 0 spiro atoms. The first-order valence-electron chi connectivity index (χ1n) is 9.95. The molecule has 1 unspecified atom stereocenters. The molecule has 3 N–H and O–H groups in total. The maximum absolute atomic E-state index is 13.1. The zero-order valence-corrected chi connectivity index (χ0v) is 19.2. The summed E-state index contributed by atoms with van der Waals surface area (Å²) in [5.41, 5.74) is 0.0618. The number of para-hydroxylation sites is 1. The lowest BCUT2D eigenvalue weighted by molar-refractivity contribution is -0.133. The molecule has 174 valence electrons. The number of benzene rings is 4. The van der Waals surface area contributed by atoms with Crippen molar-refractivity contribution in [3.05, 3.63) is 84.9 Å². The predicted octanol–water partition coefficient (Wildman–Crippen LogP) is 4.33. The van der Waals surface area contributed by atoms with Gasteiger partial charge in [-0.1, -0.05) is 42.5 Å². The maximum Gasteiger partial charge on any atom is 0.316 e. The fourth-order valence-corrected chi connectivity index (χ4v) is 5.32. The van der Waals surface area contributed by atoms with Crippen LogP contribution < -0.4 is 9.46 Å². The third-order valence-corrected chi connectivity index (χ3v) is 7.53. The number of nitrogens with one attached hydrogen (secondary N) is 1. The third-order valence-electron chi connectivity index (χ3n) is 4.84. The van der Waals surface area contributed by atoms with Gasteiger partial charge in [0.15, 0.2) is 0 Å². The Morgan fingerprint density at radius 2 is 1.47 bits per heavy atom. The summed E-state index contributed by atoms with van der Waals surface area (Å²) >= 11 is 0. The first kappa shape index (κ1) is 23.3. The number of carbonyl (C=O) groups is 1. The molecule has 0 aliphatic carbocycles. The molecule has 0 amide bonds. The lowest BCUT2D eigenvalue weighted by atomic mass is 10.1. The minimum absolute atomic E-state index is 0.0433. The molecule has 0 radical (unpaired) electrons. The van der Waals surface area contributed by atoms with E-state index in [0.717, 1.165) is 0 Å². The van der Waals surface area contributed by atoms with Crippen LogP contribution in [0.5, 0.6) is 17.2 Å². The van der Waals surface area contributed by atoms with E-state index in [0.29, 0.717) is 16.9 Å². The Morgan fingerprint density at radius 1 is 0.882 bits per heavy atom. The first-order chi connectivity index (χ1) is 16.2. The molecule has 1 atom stereocenters. The van der Waals surface area contributed by atoms with Crippen molar-refractivity contribution in [1.29, 1.82) is 0 Å². The minimum Gasteiger partial charge on any atom is -0.506 e. The quantitative estimate of drug-likeness (QED) is 0.309. The molecule has 0 fully saturated rings. The van der Waals surface area contributed by atoms with E-state index in [4.69, 9.17) is 9.84 Å². The monoisotopic (exact) mass is 497 g/mol. The molecule has 0 bridgehead atoms. The Balaban J connectivity index is 1.67. The first-order valence-corrected chi connectivity index (χ1v) is 12.8. The molecule has 4 aromatic carbocycles. The molecule has 8 nitrogen and oxygen atoms in total. The summed E-state index contributed by atoms with van der Waals surface area (Å²) in [6.07, 6.45) is 0. The van der Waals surface area contributed by atoms with E-state index in [-0.39, 0.29) is 26.6 Å². The number of phenolic OH excluding ortho intramolecular Hbond substituents is 1. The van der Waals surface area contributed by atoms with Crippen molar-refractivity contribution in [2.24, 2.45) is 0 Å². The van der Waals surface area contributed by atoms with Crippen molar-refractivity contribution >= 4 is 43.3 Å². The summed E-state index contributed by atoms with van der Waals surface area (Å²) < 4.78 is 46.8. The number of phenols is 1. The largest absolute Gasteiger partial charge is 0.506 e. The van der Waals surface area contributed by atoms with Crippen LogP contribution in [0, 0.1) is 0 Å². The van der Waals surface area contributed by atoms with Gasteiger partial charge in [0, 0.05) is 10.8 Å². The molecule has 0 aliphatic rings. The van der Waals surface area contributed by atoms with E-state index < -0.39 is 32.5 Å². The van der Waals surface area contributed by atoms with Gasteiger partial charge in [-0.05, 0) is 42.5 Å². The summed E-state index contributed by atoms with van der Waals surface area (Å²) in [7, 11) is -6.16. The van der Waals surface area contributed by atoms with Gasteiger partial charge < -0.3 is 14.9 Å². The molecule has 4 rings (SSSR count). The van der Waals surface area contributed by atoms with E-state index in [1.807, 2.05) is 18.2 Å². The third kappa shape index (κ3) is 5.03. The van der Waals surface area contributed by atoms with Gasteiger partial charge in [-0.3, -0.25) is 13.7 Å². The number of rotatable bonds is 8. The Hall–Kier alpha value is -3.89. The number of aromatic hydroxyl groups is 1. The highest BCUT2D eigenvalue weighted by Gasteiger charge is 2.21. The second-order valence-corrected chi connectivity index (χ2v) is 10.3. The number of aliphatic carboxylic acids is 1. The summed E-state index contributed by atoms with van der Waals surface area (Å²) in [5, 5.41) is 20.1. The predicted molar refractivity (Wildman–Crippen MR) is 128 cm³/mol. The molecular weight excluding hydrogens is 478 g/mol. The number of sulfonamides is 1. The lowest BCUT2D eigenvalue weighted by Gasteiger charge is -2.15. The molecule has 34 heavy (non-hydrogen) atoms. The SMILES string of the molecule is O=C(O)CS(=O)c1cc(NS(=O)(=O)c2ccc(Oc3ccccc3)cc2)c2ccccc2c1O. The van der Waals surface area contributed by atoms with Gasteiger partial charge in [0.1, 0.15) is 23.0 Å². The van der Waals surface area contributed by atoms with Crippen LogP contribution in [0.3, 0.4) is 0 Å². The fraction of sp³-hybridized carbons (Fsp3) is 0.0417. The number of carboxylic acids is 1. The molecular formula is C24H19NO7S2. The van der Waals surface area contributed by atoms with Gasteiger partial charge in [-0.15, -0.1) is 0 Å². The summed E-state index contributed by atoms with van der Waals surface area (Å²) in [6, 6.07) is 22.4. The van der Waals surface area contributed by atoms with E-state index in [1.165, 1.54) is 36.4 Å². The van der Waals surface area contributed by atoms with E-state index in [9.17, 15) is 22.5 Å². The van der Waals surface area contributed by atoms with Crippen LogP contribution in [-0.4, -0.2) is 34.6 Å². The zero-order valence-electron chi connectivity index (χ0n) is 17.5. The number of ether oxygens (including phenoxy) is 1. The number of hydrogen-bond acceptors (Lipinski definition) is 6. The molecule has 0 aliphatic heterocycles. The van der Waals surface area contributed by atoms with Crippen LogP contribution in [0.1, 0.15) is 0 Å². The minimum atomic E-state index is -4.08. The van der Waals surface area contributed by atoms with Crippen LogP contribution in [0.4, 0.5) is 5.69 Å². The number of carboxylic acid groups (broad SMARTS) is 1. The second-order valence-electron chi connectivity index (χ2n) is 7.19. The van der Waals surface area contributed by atoms with Gasteiger partial charge >= 0.3 is 5.97 Å². The number of fused-ring (bicyclic) bond motifs is 1. The van der Waals surface area contributed by atoms with Crippen molar-refractivity contribution < 1.29 is 32.4 Å². The van der Waals surface area contributed by atoms with Gasteiger partial charge in [-0.2, -0.15) is 0 Å². The zero-order chi connectivity index (χ0) is 24.3. The molecule has 4 aromatic rings. The Morgan fingerprint density at radius 3 is 2.12 bits per heavy atom. The average molecular weight is 498 g/mol. The van der Waals surface area contributed by atoms with Gasteiger partial charge in [0.05, 0.1) is 26.3 Å². The summed E-state index contributed by atoms with van der Waals surface area (Å²) in [5.74, 6) is -1.35. The highest BCUT2D eigenvalue weighted by atomic mass is 32.2. The molecule has 0 aromatic heterocycles. The highest BCUT2D eigenvalue weighted by molar-refractivity contribution is 7.92. The van der Waals surface area contributed by atoms with E-state index in [2.05, 4.69) is 4.72 Å². The smallest absolute Gasteiger partial charge is 0.316 e. The average Bonchev–Trinajstić information content (AvgIpc) is 2.81. The Kier molecular flexibility index (Phi) is 6.53. The van der Waals surface area contributed by atoms with Gasteiger partial charge in [0.2, 0.25) is 0 Å². The van der Waals surface area contributed by atoms with Crippen molar-refractivity contribution in [2.75, 3.05) is 10.5 Å². The summed E-state index contributed by atoms with van der Waals surface area (Å²) in [6.45, 7) is 0. The normalized spacial score (nSPS) is 12.2. The van der Waals surface area contributed by atoms with Crippen LogP contribution in [0.25, 0.3) is 10.8 Å². The number of anilines is 1. The lowest BCUT2D eigenvalue weighted by Crippen LogP contribution is -2.14. The molecule has 0 saturated carbocycles. The standard InChI is InChI=1S/C24H19NO7S2/c26-23(27)15-33(29)22-14-21(19-8-4-5-9-20(19)24(22)28)25-34(30,31)18-12-10-17(11-13-18)32-16-6-2-1-3-7-16/h1-14,25,28H,15H2,(H,26,27). The van der Waals surface area contributed by atoms with Crippen molar-refractivity contribution in [1.82, 2.24) is 0 Å². The Labute approximate surface area is 198 Å². The second kappa shape index (κ2) is 9.54.